The van der Waals surface area contributed by atoms with Gasteiger partial charge < -0.3 is 8.23 Å². The average Bonchev–Trinajstić information content (AvgIpc) is 2.81. The summed E-state index contributed by atoms with van der Waals surface area (Å²) in [5.74, 6) is -51.3. The van der Waals surface area contributed by atoms with Crippen molar-refractivity contribution in [2.24, 2.45) is 0 Å². The summed E-state index contributed by atoms with van der Waals surface area (Å²) >= 11 is 0. The molecule has 1 aromatic carbocycles. The van der Waals surface area contributed by atoms with Crippen LogP contribution in [0.25, 0.3) is 5.57 Å². The Morgan fingerprint density at radius 3 is 1.23 bits per heavy atom. The summed E-state index contributed by atoms with van der Waals surface area (Å²) in [6.07, 6.45) is 0. The van der Waals surface area contributed by atoms with Gasteiger partial charge in [0.05, 0.1) is 18.1 Å². The van der Waals surface area contributed by atoms with Crippen molar-refractivity contribution in [1.82, 2.24) is 0 Å². The molecule has 0 radical (unpaired) electrons. The van der Waals surface area contributed by atoms with Crippen molar-refractivity contribution in [3.63, 3.8) is 0 Å². The number of allylic oxidation sites excluding steroid dienone is 1. The van der Waals surface area contributed by atoms with Crippen LogP contribution in [0.1, 0.15) is 12.5 Å². The van der Waals surface area contributed by atoms with E-state index in [0.29, 0.717) is 0 Å². The Balaban J connectivity index is 4.02. The van der Waals surface area contributed by atoms with Gasteiger partial charge >= 0.3 is 41.5 Å². The Hall–Kier alpha value is -0.799. The molecule has 0 saturated heterocycles. The highest BCUT2D eigenvalue weighted by Gasteiger charge is 2.92. The van der Waals surface area contributed by atoms with E-state index >= 15 is 17.6 Å². The first kappa shape index (κ1) is 41.2. The minimum atomic E-state index is -8.09. The standard InChI is InChI=1S/C22H34F14O2Si6/c1-16(23,24)18(27,28)20(31,32)22(35,36)21(33,34)19(29,30)17(25,26)14(13-11-9-8-10-12-13)15(39-41-37-43(2,3)4)40-42-38-44(5,6)7/h8-12H,39-42H2,1-7H3. The summed E-state index contributed by atoms with van der Waals surface area (Å²) in [7, 11) is -12.1. The highest BCUT2D eigenvalue weighted by molar-refractivity contribution is 7.17. The summed E-state index contributed by atoms with van der Waals surface area (Å²) in [5.41, 5.74) is -2.61. The van der Waals surface area contributed by atoms with Gasteiger partial charge in [-0.2, -0.15) is 61.5 Å². The van der Waals surface area contributed by atoms with Crippen LogP contribution in [-0.4, -0.2) is 94.7 Å². The van der Waals surface area contributed by atoms with Gasteiger partial charge in [-0.1, -0.05) is 35.2 Å². The molecule has 0 unspecified atom stereocenters. The fourth-order valence-electron chi connectivity index (χ4n) is 3.77. The van der Waals surface area contributed by atoms with Gasteiger partial charge in [-0.05, 0) is 44.8 Å². The fourth-order valence-corrected chi connectivity index (χ4v) is 39.8. The van der Waals surface area contributed by atoms with Gasteiger partial charge in [-0.15, -0.1) is 0 Å². The van der Waals surface area contributed by atoms with Crippen LogP contribution in [0.15, 0.2) is 35.2 Å². The SMILES string of the molecule is CC(F)(F)C(F)(F)C(F)(F)C(F)(F)C(F)(F)C(F)(F)C(F)(F)C(=C([SiH2][SiH2]O[Si](C)(C)C)[SiH2][SiH2]O[Si](C)(C)C)c1ccccc1. The number of rotatable bonds is 16. The number of alkyl halides is 14. The van der Waals surface area contributed by atoms with E-state index in [2.05, 4.69) is 0 Å². The molecule has 0 atom stereocenters. The Labute approximate surface area is 256 Å². The molecule has 2 nitrogen and oxygen atoms in total. The third-order valence-electron chi connectivity index (χ3n) is 6.13. The predicted octanol–water partition coefficient (Wildman–Crippen LogP) is 5.86. The zero-order valence-electron chi connectivity index (χ0n) is 24.8. The molecule has 0 aromatic heterocycles. The van der Waals surface area contributed by atoms with Crippen molar-refractivity contribution >= 4 is 58.8 Å². The van der Waals surface area contributed by atoms with E-state index in [1.807, 2.05) is 0 Å². The summed E-state index contributed by atoms with van der Waals surface area (Å²) in [6.45, 7) is 9.36. The fraction of sp³-hybridized carbons (Fsp3) is 0.636. The van der Waals surface area contributed by atoms with Gasteiger partial charge in [0, 0.05) is 12.5 Å². The van der Waals surface area contributed by atoms with Gasteiger partial charge in [0.25, 0.3) is 0 Å². The van der Waals surface area contributed by atoms with Crippen LogP contribution in [0.2, 0.25) is 39.3 Å². The molecule has 256 valence electrons. The predicted molar refractivity (Wildman–Crippen MR) is 157 cm³/mol. The van der Waals surface area contributed by atoms with Gasteiger partial charge in [-0.25, -0.2) is 0 Å². The summed E-state index contributed by atoms with van der Waals surface area (Å²) in [6, 6.07) is 4.90. The first-order valence-electron chi connectivity index (χ1n) is 13.0. The lowest BCUT2D eigenvalue weighted by Gasteiger charge is -2.43. The van der Waals surface area contributed by atoms with Crippen molar-refractivity contribution in [2.75, 3.05) is 0 Å². The highest BCUT2D eigenvalue weighted by atomic mass is 29.2. The maximum Gasteiger partial charge on any atom is 0.385 e. The van der Waals surface area contributed by atoms with Crippen molar-refractivity contribution in [2.45, 2.75) is 87.7 Å². The van der Waals surface area contributed by atoms with Crippen LogP contribution in [0.3, 0.4) is 0 Å². The molecule has 0 aliphatic heterocycles. The molecule has 1 rings (SSSR count). The smallest absolute Gasteiger partial charge is 0.385 e. The molecular weight excluding hydrogens is 731 g/mol. The molecule has 0 aliphatic rings. The second-order valence-corrected chi connectivity index (χ2v) is 32.8. The van der Waals surface area contributed by atoms with Gasteiger partial charge in [-0.3, -0.25) is 0 Å². The third kappa shape index (κ3) is 8.37. The van der Waals surface area contributed by atoms with Gasteiger partial charge in [0.2, 0.25) is 0 Å². The van der Waals surface area contributed by atoms with E-state index in [0.717, 1.165) is 24.3 Å². The Morgan fingerprint density at radius 1 is 0.545 bits per heavy atom. The molecule has 0 fully saturated rings. The van der Waals surface area contributed by atoms with E-state index < -0.39 is 113 Å². The molecule has 0 aliphatic carbocycles. The first-order chi connectivity index (χ1) is 19.3. The van der Waals surface area contributed by atoms with E-state index in [4.69, 9.17) is 8.23 Å². The molecule has 0 bridgehead atoms. The molecule has 1 aromatic rings. The lowest BCUT2D eigenvalue weighted by molar-refractivity contribution is -0.435. The molecule has 0 saturated carbocycles. The van der Waals surface area contributed by atoms with Crippen LogP contribution < -0.4 is 0 Å². The Bertz CT molecular complexity index is 1120. The maximum atomic E-state index is 15.9. The van der Waals surface area contributed by atoms with Crippen LogP contribution in [0, 0.1) is 0 Å². The second-order valence-electron chi connectivity index (χ2n) is 12.1. The molecule has 0 heterocycles. The largest absolute Gasteiger partial charge is 0.463 e. The zero-order chi connectivity index (χ0) is 35.0. The van der Waals surface area contributed by atoms with Crippen molar-refractivity contribution < 1.29 is 69.7 Å². The molecule has 44 heavy (non-hydrogen) atoms. The lowest BCUT2D eigenvalue weighted by atomic mass is 9.86. The van der Waals surface area contributed by atoms with Crippen LogP contribution in [0.5, 0.6) is 0 Å². The van der Waals surface area contributed by atoms with Crippen LogP contribution in [-0.2, 0) is 8.23 Å². The average molecular weight is 765 g/mol. The third-order valence-corrected chi connectivity index (χ3v) is 31.9. The van der Waals surface area contributed by atoms with Crippen molar-refractivity contribution in [3.05, 3.63) is 40.7 Å². The van der Waals surface area contributed by atoms with Gasteiger partial charge in [0.15, 0.2) is 16.6 Å². The molecule has 0 spiro atoms. The normalized spacial score (nSPS) is 16.1. The van der Waals surface area contributed by atoms with E-state index in [1.54, 1.807) is 39.3 Å². The highest BCUT2D eigenvalue weighted by Crippen LogP contribution is 2.63. The molecule has 22 heteroatoms. The van der Waals surface area contributed by atoms with Crippen molar-refractivity contribution in [3.8, 4) is 0 Å². The molecule has 0 N–H and O–H groups in total. The summed E-state index contributed by atoms with van der Waals surface area (Å²) in [4.78, 5) is -0.369. The van der Waals surface area contributed by atoms with E-state index in [-0.39, 0.29) is 4.82 Å². The number of halogens is 14. The van der Waals surface area contributed by atoms with Crippen LogP contribution >= 0.6 is 0 Å². The maximum absolute atomic E-state index is 15.9. The Morgan fingerprint density at radius 2 is 0.886 bits per heavy atom. The summed E-state index contributed by atoms with van der Waals surface area (Å²) in [5, 5.41) is 0. The molecular formula is C22H34F14O2Si6. The quantitative estimate of drug-likeness (QED) is 0.155. The number of benzene rings is 1. The molecule has 0 amide bonds. The minimum Gasteiger partial charge on any atom is -0.463 e. The number of hydrogen-bond acceptors (Lipinski definition) is 2. The van der Waals surface area contributed by atoms with Gasteiger partial charge in [0.1, 0.15) is 18.6 Å². The topological polar surface area (TPSA) is 18.5 Å². The van der Waals surface area contributed by atoms with E-state index in [9.17, 15) is 43.9 Å². The van der Waals surface area contributed by atoms with Crippen LogP contribution in [0.4, 0.5) is 61.5 Å². The summed E-state index contributed by atoms with van der Waals surface area (Å²) < 4.78 is 214. The number of hydrogen-bond donors (Lipinski definition) is 0. The lowest BCUT2D eigenvalue weighted by Crippen LogP contribution is -2.72. The second kappa shape index (κ2) is 13.4. The van der Waals surface area contributed by atoms with E-state index in [1.165, 1.54) is 6.07 Å². The zero-order valence-corrected chi connectivity index (χ0v) is 32.5. The monoisotopic (exact) mass is 764 g/mol. The minimum absolute atomic E-state index is 0.369. The Kier molecular flexibility index (Phi) is 12.5. The van der Waals surface area contributed by atoms with Crippen molar-refractivity contribution in [1.29, 1.82) is 0 Å². The first-order valence-corrected chi connectivity index (χ1v) is 30.4.